The van der Waals surface area contributed by atoms with Crippen LogP contribution in [0.1, 0.15) is 26.7 Å². The molecule has 8 nitrogen and oxygen atoms in total. The molecule has 3 rings (SSSR count). The van der Waals surface area contributed by atoms with Crippen LogP contribution in [0.3, 0.4) is 0 Å². The van der Waals surface area contributed by atoms with Crippen molar-refractivity contribution in [3.05, 3.63) is 48.5 Å². The highest BCUT2D eigenvalue weighted by atomic mass is 32.2. The highest BCUT2D eigenvalue weighted by Crippen LogP contribution is 2.27. The lowest BCUT2D eigenvalue weighted by Crippen LogP contribution is -2.50. The number of methoxy groups -OCH3 is 1. The second-order valence-electron chi connectivity index (χ2n) is 7.51. The topological polar surface area (TPSA) is 88.2 Å². The van der Waals surface area contributed by atoms with Crippen LogP contribution in [0.2, 0.25) is 0 Å². The minimum absolute atomic E-state index is 0.151. The summed E-state index contributed by atoms with van der Waals surface area (Å²) in [7, 11) is -2.19. The Morgan fingerprint density at radius 3 is 2.34 bits per heavy atom. The van der Waals surface area contributed by atoms with Gasteiger partial charge in [0.2, 0.25) is 5.91 Å². The lowest BCUT2D eigenvalue weighted by atomic mass is 9.99. The molecule has 1 N–H and O–H groups in total. The van der Waals surface area contributed by atoms with Crippen molar-refractivity contribution >= 4 is 27.5 Å². The molecule has 0 unspecified atom stereocenters. The SMILES string of the molecule is CCOc1ccc(N(CC)S(=O)(=O)N2CCC[C@H](C(=O)Nc3ccc(OC)cc3)C2)cc1. The van der Waals surface area contributed by atoms with E-state index in [1.54, 1.807) is 62.6 Å². The molecular weight excluding hydrogens is 430 g/mol. The summed E-state index contributed by atoms with van der Waals surface area (Å²) in [4.78, 5) is 12.8. The second-order valence-corrected chi connectivity index (χ2v) is 9.37. The van der Waals surface area contributed by atoms with Gasteiger partial charge in [0.05, 0.1) is 25.3 Å². The van der Waals surface area contributed by atoms with Crippen molar-refractivity contribution in [3.8, 4) is 11.5 Å². The molecule has 0 saturated carbocycles. The summed E-state index contributed by atoms with van der Waals surface area (Å²) in [6.07, 6.45) is 1.27. The summed E-state index contributed by atoms with van der Waals surface area (Å²) in [5.41, 5.74) is 1.22. The van der Waals surface area contributed by atoms with Crippen molar-refractivity contribution in [1.82, 2.24) is 4.31 Å². The number of amides is 1. The number of benzene rings is 2. The van der Waals surface area contributed by atoms with Crippen LogP contribution in [0.25, 0.3) is 0 Å². The number of rotatable bonds is 9. The van der Waals surface area contributed by atoms with Gasteiger partial charge in [-0.15, -0.1) is 0 Å². The van der Waals surface area contributed by atoms with Gasteiger partial charge in [-0.25, -0.2) is 0 Å². The molecule has 2 aromatic carbocycles. The molecule has 1 atom stereocenters. The van der Waals surface area contributed by atoms with Crippen molar-refractivity contribution in [2.45, 2.75) is 26.7 Å². The Labute approximate surface area is 190 Å². The van der Waals surface area contributed by atoms with Crippen molar-refractivity contribution in [2.75, 3.05) is 43.0 Å². The van der Waals surface area contributed by atoms with Gasteiger partial charge < -0.3 is 14.8 Å². The average molecular weight is 462 g/mol. The molecule has 9 heteroatoms. The third-order valence-corrected chi connectivity index (χ3v) is 7.45. The predicted molar refractivity (Wildman–Crippen MR) is 125 cm³/mol. The lowest BCUT2D eigenvalue weighted by molar-refractivity contribution is -0.120. The fourth-order valence-electron chi connectivity index (χ4n) is 3.78. The Morgan fingerprint density at radius 1 is 1.09 bits per heavy atom. The van der Waals surface area contributed by atoms with Gasteiger partial charge in [-0.3, -0.25) is 9.10 Å². The Bertz CT molecular complexity index is 993. The largest absolute Gasteiger partial charge is 0.497 e. The van der Waals surface area contributed by atoms with Crippen LogP contribution < -0.4 is 19.1 Å². The summed E-state index contributed by atoms with van der Waals surface area (Å²) >= 11 is 0. The van der Waals surface area contributed by atoms with E-state index in [4.69, 9.17) is 9.47 Å². The molecule has 1 fully saturated rings. The molecule has 0 bridgehead atoms. The van der Waals surface area contributed by atoms with Crippen LogP contribution in [0.4, 0.5) is 11.4 Å². The van der Waals surface area contributed by atoms with E-state index >= 15 is 0 Å². The van der Waals surface area contributed by atoms with Gasteiger partial charge >= 0.3 is 10.2 Å². The van der Waals surface area contributed by atoms with Crippen molar-refractivity contribution in [1.29, 1.82) is 0 Å². The minimum Gasteiger partial charge on any atom is -0.497 e. The van der Waals surface area contributed by atoms with Gasteiger partial charge in [-0.1, -0.05) is 0 Å². The summed E-state index contributed by atoms with van der Waals surface area (Å²) in [6, 6.07) is 14.1. The summed E-state index contributed by atoms with van der Waals surface area (Å²) in [5.74, 6) is 0.795. The molecule has 1 aliphatic rings. The molecule has 2 aromatic rings. The zero-order valence-electron chi connectivity index (χ0n) is 18.8. The number of piperidine rings is 1. The van der Waals surface area contributed by atoms with Crippen molar-refractivity contribution in [3.63, 3.8) is 0 Å². The maximum absolute atomic E-state index is 13.4. The average Bonchev–Trinajstić information content (AvgIpc) is 2.81. The molecule has 174 valence electrons. The molecule has 1 aliphatic heterocycles. The van der Waals surface area contributed by atoms with Gasteiger partial charge in [-0.05, 0) is 75.2 Å². The molecule has 32 heavy (non-hydrogen) atoms. The molecule has 0 aliphatic carbocycles. The number of nitrogens with one attached hydrogen (secondary N) is 1. The van der Waals surface area contributed by atoms with E-state index in [0.717, 1.165) is 0 Å². The maximum Gasteiger partial charge on any atom is 0.304 e. The summed E-state index contributed by atoms with van der Waals surface area (Å²) < 4.78 is 40.2. The Kier molecular flexibility index (Phi) is 7.98. The molecular formula is C23H31N3O5S. The zero-order valence-corrected chi connectivity index (χ0v) is 19.6. The van der Waals surface area contributed by atoms with Crippen molar-refractivity contribution < 1.29 is 22.7 Å². The van der Waals surface area contributed by atoms with Crippen LogP contribution in [-0.4, -0.2) is 52.0 Å². The van der Waals surface area contributed by atoms with Gasteiger partial charge in [0.25, 0.3) is 0 Å². The highest BCUT2D eigenvalue weighted by molar-refractivity contribution is 7.90. The lowest BCUT2D eigenvalue weighted by Gasteiger charge is -2.35. The summed E-state index contributed by atoms with van der Waals surface area (Å²) in [5, 5.41) is 2.88. The molecule has 1 saturated heterocycles. The Balaban J connectivity index is 1.70. The quantitative estimate of drug-likeness (QED) is 0.617. The molecule has 0 spiro atoms. The van der Waals surface area contributed by atoms with E-state index in [0.29, 0.717) is 48.9 Å². The molecule has 1 amide bonds. The highest BCUT2D eigenvalue weighted by Gasteiger charge is 2.35. The predicted octanol–water partition coefficient (Wildman–Crippen LogP) is 3.52. The number of hydrogen-bond donors (Lipinski definition) is 1. The van der Waals surface area contributed by atoms with Crippen LogP contribution >= 0.6 is 0 Å². The fraction of sp³-hybridized carbons (Fsp3) is 0.435. The first kappa shape index (κ1) is 23.9. The fourth-order valence-corrected chi connectivity index (χ4v) is 5.50. The summed E-state index contributed by atoms with van der Waals surface area (Å²) in [6.45, 7) is 5.07. The monoisotopic (exact) mass is 461 g/mol. The minimum atomic E-state index is -3.77. The number of anilines is 2. The van der Waals surface area contributed by atoms with Crippen LogP contribution in [-0.2, 0) is 15.0 Å². The zero-order chi connectivity index (χ0) is 23.1. The van der Waals surface area contributed by atoms with Gasteiger partial charge in [0, 0.05) is 25.3 Å². The Hall–Kier alpha value is -2.78. The van der Waals surface area contributed by atoms with Crippen LogP contribution in [0.5, 0.6) is 11.5 Å². The van der Waals surface area contributed by atoms with E-state index in [2.05, 4.69) is 5.32 Å². The molecule has 1 heterocycles. The third-order valence-electron chi connectivity index (χ3n) is 5.44. The van der Waals surface area contributed by atoms with Gasteiger partial charge in [0.1, 0.15) is 11.5 Å². The standard InChI is InChI=1S/C23H31N3O5S/c1-4-26(20-10-14-22(15-11-20)31-5-2)32(28,29)25-16-6-7-18(17-25)23(27)24-19-8-12-21(30-3)13-9-19/h8-15,18H,4-7,16-17H2,1-3H3,(H,24,27)/t18-/m0/s1. The maximum atomic E-state index is 13.4. The Morgan fingerprint density at radius 2 is 1.75 bits per heavy atom. The van der Waals surface area contributed by atoms with Gasteiger partial charge in [0.15, 0.2) is 0 Å². The first-order valence-corrected chi connectivity index (χ1v) is 12.2. The first-order valence-electron chi connectivity index (χ1n) is 10.8. The molecule has 0 radical (unpaired) electrons. The number of ether oxygens (including phenoxy) is 2. The number of nitrogens with zero attached hydrogens (tertiary/aromatic N) is 2. The third kappa shape index (κ3) is 5.52. The second kappa shape index (κ2) is 10.7. The van der Waals surface area contributed by atoms with E-state index in [9.17, 15) is 13.2 Å². The van der Waals surface area contributed by atoms with E-state index < -0.39 is 16.1 Å². The van der Waals surface area contributed by atoms with E-state index in [-0.39, 0.29) is 19.0 Å². The number of carbonyl (C=O) groups excluding carboxylic acids is 1. The van der Waals surface area contributed by atoms with E-state index in [1.165, 1.54) is 8.61 Å². The van der Waals surface area contributed by atoms with Gasteiger partial charge in [-0.2, -0.15) is 12.7 Å². The number of hydrogen-bond acceptors (Lipinski definition) is 5. The smallest absolute Gasteiger partial charge is 0.304 e. The van der Waals surface area contributed by atoms with E-state index in [1.807, 2.05) is 6.92 Å². The first-order chi connectivity index (χ1) is 15.4. The number of carbonyl (C=O) groups is 1. The normalized spacial score (nSPS) is 16.9. The van der Waals surface area contributed by atoms with Crippen molar-refractivity contribution in [2.24, 2.45) is 5.92 Å². The van der Waals surface area contributed by atoms with Crippen LogP contribution in [0, 0.1) is 5.92 Å². The van der Waals surface area contributed by atoms with Crippen LogP contribution in [0.15, 0.2) is 48.5 Å². The molecule has 0 aromatic heterocycles.